The standard InChI is InChI=1S/C20H25NO5S2/c1-3-14-5-6-17-15(10-20(23)26-18(17)9-14)11-27-12-19(22)21(4-2)16-7-8-28(24,25)13-16/h5-6,9-10,16H,3-4,7-8,11-13H2,1-2H3/t16-/m1/s1. The van der Waals surface area contributed by atoms with Crippen molar-refractivity contribution in [3.05, 3.63) is 45.8 Å². The van der Waals surface area contributed by atoms with Gasteiger partial charge in [-0.25, -0.2) is 13.2 Å². The molecule has 2 heterocycles. The molecule has 0 radical (unpaired) electrons. The van der Waals surface area contributed by atoms with E-state index < -0.39 is 15.5 Å². The summed E-state index contributed by atoms with van der Waals surface area (Å²) in [6.45, 7) is 4.41. The minimum Gasteiger partial charge on any atom is -0.423 e. The largest absolute Gasteiger partial charge is 0.423 e. The van der Waals surface area contributed by atoms with E-state index in [1.807, 2.05) is 32.0 Å². The molecule has 2 aromatic rings. The quantitative estimate of drug-likeness (QED) is 0.637. The van der Waals surface area contributed by atoms with E-state index in [1.165, 1.54) is 17.8 Å². The maximum atomic E-state index is 12.6. The van der Waals surface area contributed by atoms with Crippen molar-refractivity contribution < 1.29 is 17.6 Å². The van der Waals surface area contributed by atoms with Gasteiger partial charge in [-0.1, -0.05) is 19.1 Å². The molecule has 0 bridgehead atoms. The minimum absolute atomic E-state index is 0.0569. The van der Waals surface area contributed by atoms with Crippen molar-refractivity contribution >= 4 is 38.5 Å². The number of sulfone groups is 1. The van der Waals surface area contributed by atoms with Crippen LogP contribution in [0.3, 0.4) is 0 Å². The predicted molar refractivity (Wildman–Crippen MR) is 112 cm³/mol. The third kappa shape index (κ3) is 4.78. The summed E-state index contributed by atoms with van der Waals surface area (Å²) in [6.07, 6.45) is 1.37. The summed E-state index contributed by atoms with van der Waals surface area (Å²) in [5.74, 6) is 0.913. The van der Waals surface area contributed by atoms with Gasteiger partial charge < -0.3 is 9.32 Å². The van der Waals surface area contributed by atoms with Gasteiger partial charge >= 0.3 is 5.63 Å². The Balaban J connectivity index is 1.67. The van der Waals surface area contributed by atoms with E-state index in [1.54, 1.807) is 4.90 Å². The molecule has 1 amide bonds. The molecule has 152 valence electrons. The molecule has 1 saturated heterocycles. The summed E-state index contributed by atoms with van der Waals surface area (Å²) in [7, 11) is -3.03. The zero-order chi connectivity index (χ0) is 20.3. The average molecular weight is 424 g/mol. The Bertz CT molecular complexity index is 1030. The number of hydrogen-bond acceptors (Lipinski definition) is 6. The number of thioether (sulfide) groups is 1. The van der Waals surface area contributed by atoms with Crippen LogP contribution in [0.1, 0.15) is 31.4 Å². The average Bonchev–Trinajstić information content (AvgIpc) is 3.01. The zero-order valence-corrected chi connectivity index (χ0v) is 17.8. The number of rotatable bonds is 7. The molecule has 6 nitrogen and oxygen atoms in total. The lowest BCUT2D eigenvalue weighted by Crippen LogP contribution is -2.41. The van der Waals surface area contributed by atoms with Crippen molar-refractivity contribution in [1.29, 1.82) is 0 Å². The van der Waals surface area contributed by atoms with Crippen molar-refractivity contribution in [3.63, 3.8) is 0 Å². The van der Waals surface area contributed by atoms with E-state index in [-0.39, 0.29) is 29.2 Å². The highest BCUT2D eigenvalue weighted by molar-refractivity contribution is 7.99. The molecule has 1 atom stereocenters. The lowest BCUT2D eigenvalue weighted by Gasteiger charge is -2.26. The van der Waals surface area contributed by atoms with Gasteiger partial charge in [0.25, 0.3) is 0 Å². The maximum Gasteiger partial charge on any atom is 0.336 e. The van der Waals surface area contributed by atoms with Crippen LogP contribution in [-0.4, -0.2) is 49.1 Å². The Labute approximate surface area is 169 Å². The third-order valence-electron chi connectivity index (χ3n) is 5.10. The molecule has 3 rings (SSSR count). The minimum atomic E-state index is -3.03. The van der Waals surface area contributed by atoms with Crippen LogP contribution >= 0.6 is 11.8 Å². The van der Waals surface area contributed by atoms with E-state index in [0.717, 1.165) is 22.9 Å². The van der Waals surface area contributed by atoms with Crippen molar-refractivity contribution in [2.75, 3.05) is 23.8 Å². The first-order chi connectivity index (χ1) is 13.3. The van der Waals surface area contributed by atoms with Crippen LogP contribution in [0.5, 0.6) is 0 Å². The van der Waals surface area contributed by atoms with Gasteiger partial charge in [0, 0.05) is 29.8 Å². The molecule has 0 N–H and O–H groups in total. The van der Waals surface area contributed by atoms with Gasteiger partial charge in [-0.2, -0.15) is 0 Å². The van der Waals surface area contributed by atoms with Crippen LogP contribution in [0.2, 0.25) is 0 Å². The van der Waals surface area contributed by atoms with Gasteiger partial charge in [-0.05, 0) is 37.0 Å². The van der Waals surface area contributed by atoms with E-state index >= 15 is 0 Å². The summed E-state index contributed by atoms with van der Waals surface area (Å²) < 4.78 is 28.7. The smallest absolute Gasteiger partial charge is 0.336 e. The van der Waals surface area contributed by atoms with Gasteiger partial charge in [0.2, 0.25) is 5.91 Å². The van der Waals surface area contributed by atoms with Crippen LogP contribution in [0, 0.1) is 0 Å². The lowest BCUT2D eigenvalue weighted by atomic mass is 10.1. The Hall–Kier alpha value is -1.80. The number of benzene rings is 1. The van der Waals surface area contributed by atoms with Crippen molar-refractivity contribution in [2.24, 2.45) is 0 Å². The molecule has 0 saturated carbocycles. The Kier molecular flexibility index (Phi) is 6.50. The number of carbonyl (C=O) groups excluding carboxylic acids is 1. The van der Waals surface area contributed by atoms with Crippen LogP contribution in [0.15, 0.2) is 33.5 Å². The number of amides is 1. The number of fused-ring (bicyclic) bond motifs is 1. The Morgan fingerprint density at radius 1 is 1.29 bits per heavy atom. The topological polar surface area (TPSA) is 84.7 Å². The number of hydrogen-bond donors (Lipinski definition) is 0. The van der Waals surface area contributed by atoms with Crippen molar-refractivity contribution in [2.45, 2.75) is 38.5 Å². The van der Waals surface area contributed by atoms with Crippen molar-refractivity contribution in [1.82, 2.24) is 4.90 Å². The first-order valence-electron chi connectivity index (χ1n) is 9.46. The fraction of sp³-hybridized carbons (Fsp3) is 0.500. The first-order valence-corrected chi connectivity index (χ1v) is 12.4. The van der Waals surface area contributed by atoms with Gasteiger partial charge in [0.1, 0.15) is 5.58 Å². The normalized spacial score (nSPS) is 18.4. The Morgan fingerprint density at radius 3 is 2.71 bits per heavy atom. The fourth-order valence-corrected chi connectivity index (χ4v) is 6.24. The highest BCUT2D eigenvalue weighted by Gasteiger charge is 2.33. The van der Waals surface area contributed by atoms with Gasteiger partial charge in [0.05, 0.1) is 17.3 Å². The Morgan fingerprint density at radius 2 is 2.07 bits per heavy atom. The highest BCUT2D eigenvalue weighted by atomic mass is 32.2. The molecule has 1 aliphatic heterocycles. The van der Waals surface area contributed by atoms with Crippen LogP contribution in [0.4, 0.5) is 0 Å². The molecular formula is C20H25NO5S2. The second-order valence-electron chi connectivity index (χ2n) is 7.00. The molecule has 1 fully saturated rings. The SMILES string of the molecule is CCc1ccc2c(CSCC(=O)N(CC)[C@@H]3CCS(=O)(=O)C3)cc(=O)oc2c1. The van der Waals surface area contributed by atoms with Gasteiger partial charge in [-0.3, -0.25) is 4.79 Å². The fourth-order valence-electron chi connectivity index (χ4n) is 3.60. The third-order valence-corrected chi connectivity index (χ3v) is 7.81. The second kappa shape index (κ2) is 8.69. The molecule has 28 heavy (non-hydrogen) atoms. The van der Waals surface area contributed by atoms with Crippen LogP contribution in [-0.2, 0) is 26.8 Å². The molecule has 8 heteroatoms. The second-order valence-corrected chi connectivity index (χ2v) is 10.2. The highest BCUT2D eigenvalue weighted by Crippen LogP contribution is 2.24. The zero-order valence-electron chi connectivity index (χ0n) is 16.1. The lowest BCUT2D eigenvalue weighted by molar-refractivity contribution is -0.129. The maximum absolute atomic E-state index is 12.6. The van der Waals surface area contributed by atoms with Crippen LogP contribution < -0.4 is 5.63 Å². The summed E-state index contributed by atoms with van der Waals surface area (Å²) in [4.78, 5) is 26.2. The summed E-state index contributed by atoms with van der Waals surface area (Å²) >= 11 is 1.43. The molecule has 1 aromatic heterocycles. The van der Waals surface area contributed by atoms with E-state index in [2.05, 4.69) is 0 Å². The van der Waals surface area contributed by atoms with Gasteiger partial charge in [-0.15, -0.1) is 11.8 Å². The van der Waals surface area contributed by atoms with Gasteiger partial charge in [0.15, 0.2) is 9.84 Å². The number of carbonyl (C=O) groups is 1. The monoisotopic (exact) mass is 423 g/mol. The predicted octanol–water partition coefficient (Wildman–Crippen LogP) is 2.62. The van der Waals surface area contributed by atoms with E-state index in [0.29, 0.717) is 24.3 Å². The molecule has 0 spiro atoms. The number of nitrogens with zero attached hydrogens (tertiary/aromatic N) is 1. The van der Waals surface area contributed by atoms with Crippen molar-refractivity contribution in [3.8, 4) is 0 Å². The molecule has 0 aliphatic carbocycles. The van der Waals surface area contributed by atoms with E-state index in [4.69, 9.17) is 4.42 Å². The van der Waals surface area contributed by atoms with E-state index in [9.17, 15) is 18.0 Å². The summed E-state index contributed by atoms with van der Waals surface area (Å²) in [6, 6.07) is 7.11. The molecule has 1 aromatic carbocycles. The summed E-state index contributed by atoms with van der Waals surface area (Å²) in [5.41, 5.74) is 2.12. The first kappa shape index (κ1) is 20.9. The molecular weight excluding hydrogens is 398 g/mol. The number of aryl methyl sites for hydroxylation is 1. The molecule has 1 aliphatic rings. The van der Waals surface area contributed by atoms with Crippen LogP contribution in [0.25, 0.3) is 11.0 Å². The summed E-state index contributed by atoms with van der Waals surface area (Å²) in [5, 5.41) is 0.881. The molecule has 0 unspecified atom stereocenters.